The van der Waals surface area contributed by atoms with Gasteiger partial charge in [0.15, 0.2) is 0 Å². The molecule has 1 heterocycles. The number of hydrogen-bond acceptors (Lipinski definition) is 3. The predicted octanol–water partition coefficient (Wildman–Crippen LogP) is 19.5. The van der Waals surface area contributed by atoms with E-state index in [4.69, 9.17) is 4.42 Å². The van der Waals surface area contributed by atoms with Gasteiger partial charge in [-0.3, -0.25) is 0 Å². The third kappa shape index (κ3) is 7.67. The maximum atomic E-state index is 7.19. The average Bonchev–Trinajstić information content (AvgIpc) is 3.84. The smallest absolute Gasteiger partial charge is 0.143 e. The summed E-state index contributed by atoms with van der Waals surface area (Å²) in [6.07, 6.45) is 0. The molecule has 0 aliphatic heterocycles. The van der Waals surface area contributed by atoms with E-state index in [1.54, 1.807) is 0 Å². The summed E-state index contributed by atoms with van der Waals surface area (Å²) in [5.41, 5.74) is 17.5. The number of hydrogen-bond donors (Lipinski definition) is 0. The summed E-state index contributed by atoms with van der Waals surface area (Å²) in [6, 6.07) is 100. The molecule has 0 unspecified atom stereocenters. The Morgan fingerprint density at radius 3 is 0.690 bits per heavy atom. The van der Waals surface area contributed by atoms with Crippen LogP contribution in [0.1, 0.15) is 0 Å². The number of anilines is 6. The molecular weight excluding hydrogens is 861 g/mol. The first-order chi connectivity index (χ1) is 35.2. The van der Waals surface area contributed by atoms with Crippen molar-refractivity contribution in [1.82, 2.24) is 0 Å². The molecule has 0 radical (unpaired) electrons. The highest BCUT2D eigenvalue weighted by Gasteiger charge is 2.24. The molecule has 0 N–H and O–H groups in total. The van der Waals surface area contributed by atoms with Gasteiger partial charge in [0, 0.05) is 55.1 Å². The fourth-order valence-electron chi connectivity index (χ4n) is 10.3. The summed E-state index contributed by atoms with van der Waals surface area (Å²) in [6.45, 7) is 0. The molecule has 0 fully saturated rings. The van der Waals surface area contributed by atoms with E-state index in [0.717, 1.165) is 77.6 Å². The van der Waals surface area contributed by atoms with E-state index in [1.165, 1.54) is 44.5 Å². The van der Waals surface area contributed by atoms with Gasteiger partial charge in [-0.25, -0.2) is 0 Å². The highest BCUT2D eigenvalue weighted by molar-refractivity contribution is 6.25. The van der Waals surface area contributed by atoms with Crippen molar-refractivity contribution in [3.63, 3.8) is 0 Å². The third-order valence-corrected chi connectivity index (χ3v) is 13.9. The van der Waals surface area contributed by atoms with Crippen molar-refractivity contribution in [2.24, 2.45) is 0 Å². The maximum absolute atomic E-state index is 7.19. The van der Waals surface area contributed by atoms with Gasteiger partial charge in [0.1, 0.15) is 11.2 Å². The average molecular weight is 907 g/mol. The van der Waals surface area contributed by atoms with Crippen molar-refractivity contribution >= 4 is 77.6 Å². The van der Waals surface area contributed by atoms with Crippen molar-refractivity contribution in [2.75, 3.05) is 9.80 Å². The number of fused-ring (bicyclic) bond motifs is 7. The molecule has 71 heavy (non-hydrogen) atoms. The van der Waals surface area contributed by atoms with E-state index >= 15 is 0 Å². The molecule has 3 heteroatoms. The molecule has 0 saturated heterocycles. The van der Waals surface area contributed by atoms with Crippen LogP contribution < -0.4 is 9.80 Å². The third-order valence-electron chi connectivity index (χ3n) is 13.9. The lowest BCUT2D eigenvalue weighted by atomic mass is 9.98. The molecule has 0 aliphatic carbocycles. The number of benzene rings is 12. The Labute approximate surface area is 413 Å². The molecule has 0 spiro atoms. The summed E-state index contributed by atoms with van der Waals surface area (Å²) in [5, 5.41) is 6.40. The van der Waals surface area contributed by atoms with E-state index in [-0.39, 0.29) is 0 Å². The topological polar surface area (TPSA) is 19.6 Å². The van der Waals surface area contributed by atoms with Crippen LogP contribution in [0.2, 0.25) is 0 Å². The van der Waals surface area contributed by atoms with Crippen LogP contribution in [-0.4, -0.2) is 0 Å². The molecule has 334 valence electrons. The zero-order valence-corrected chi connectivity index (χ0v) is 38.9. The van der Waals surface area contributed by atoms with Crippen molar-refractivity contribution in [1.29, 1.82) is 0 Å². The van der Waals surface area contributed by atoms with Gasteiger partial charge in [0.2, 0.25) is 0 Å². The molecular formula is C68H46N2O. The van der Waals surface area contributed by atoms with E-state index < -0.39 is 0 Å². The standard InChI is InChI=1S/C68H46N2O/c1-5-17-47(18-6-1)51-29-37-55(38-30-51)69(56-39-31-52(32-40-56)48-19-7-2-8-20-48)65-45-63-64-46-66(60-26-14-16-28-62(60)68(64)71-67(63)61-27-15-13-25-59(61)65)70(57-41-33-53(34-42-57)49-21-9-3-10-22-49)58-43-35-54(36-44-58)50-23-11-4-12-24-50/h1-46H. The zero-order valence-electron chi connectivity index (χ0n) is 38.9. The first-order valence-corrected chi connectivity index (χ1v) is 24.2. The molecule has 0 amide bonds. The molecule has 0 atom stereocenters. The van der Waals surface area contributed by atoms with Gasteiger partial charge in [-0.2, -0.15) is 0 Å². The monoisotopic (exact) mass is 906 g/mol. The maximum Gasteiger partial charge on any atom is 0.143 e. The first kappa shape index (κ1) is 41.7. The molecule has 0 aliphatic rings. The minimum atomic E-state index is 0.867. The van der Waals surface area contributed by atoms with Crippen LogP contribution >= 0.6 is 0 Å². The van der Waals surface area contributed by atoms with Crippen LogP contribution in [0.5, 0.6) is 0 Å². The van der Waals surface area contributed by atoms with E-state index in [1.807, 2.05) is 0 Å². The molecule has 0 bridgehead atoms. The van der Waals surface area contributed by atoms with Gasteiger partial charge in [0.25, 0.3) is 0 Å². The van der Waals surface area contributed by atoms with Gasteiger partial charge in [0.05, 0.1) is 11.4 Å². The largest absolute Gasteiger partial charge is 0.455 e. The van der Waals surface area contributed by atoms with Crippen LogP contribution in [0.15, 0.2) is 283 Å². The Hall–Kier alpha value is -9.44. The lowest BCUT2D eigenvalue weighted by Gasteiger charge is -2.28. The Morgan fingerprint density at radius 1 is 0.197 bits per heavy atom. The highest BCUT2D eigenvalue weighted by atomic mass is 16.3. The van der Waals surface area contributed by atoms with Crippen LogP contribution in [0.4, 0.5) is 34.1 Å². The SMILES string of the molecule is c1ccc(-c2ccc(N(c3ccc(-c4ccccc4)cc3)c3cc4c5cc(N(c6ccc(-c7ccccc7)cc6)c6ccc(-c7ccccc7)cc6)c6ccccc6c5oc4c4ccccc34)cc2)cc1. The fourth-order valence-corrected chi connectivity index (χ4v) is 10.3. The van der Waals surface area contributed by atoms with Crippen LogP contribution in [0, 0.1) is 0 Å². The second-order valence-electron chi connectivity index (χ2n) is 18.1. The molecule has 13 rings (SSSR count). The molecule has 1 aromatic heterocycles. The number of rotatable bonds is 10. The highest BCUT2D eigenvalue weighted by Crippen LogP contribution is 2.49. The number of furan rings is 1. The predicted molar refractivity (Wildman–Crippen MR) is 300 cm³/mol. The van der Waals surface area contributed by atoms with Gasteiger partial charge < -0.3 is 14.2 Å². The minimum absolute atomic E-state index is 0.867. The summed E-state index contributed by atoms with van der Waals surface area (Å²) < 4.78 is 7.19. The summed E-state index contributed by atoms with van der Waals surface area (Å²) in [4.78, 5) is 4.81. The van der Waals surface area contributed by atoms with Gasteiger partial charge >= 0.3 is 0 Å². The number of nitrogens with zero attached hydrogens (tertiary/aromatic N) is 2. The summed E-state index contributed by atoms with van der Waals surface area (Å²) in [5.74, 6) is 0. The molecule has 3 nitrogen and oxygen atoms in total. The molecule has 13 aromatic rings. The van der Waals surface area contributed by atoms with E-state index in [2.05, 4.69) is 289 Å². The van der Waals surface area contributed by atoms with E-state index in [9.17, 15) is 0 Å². The fraction of sp³-hybridized carbons (Fsp3) is 0. The second-order valence-corrected chi connectivity index (χ2v) is 18.1. The first-order valence-electron chi connectivity index (χ1n) is 24.2. The Balaban J connectivity index is 1.03. The summed E-state index contributed by atoms with van der Waals surface area (Å²) >= 11 is 0. The lowest BCUT2D eigenvalue weighted by Crippen LogP contribution is -2.11. The minimum Gasteiger partial charge on any atom is -0.455 e. The van der Waals surface area contributed by atoms with Gasteiger partial charge in [-0.15, -0.1) is 0 Å². The quantitative estimate of drug-likeness (QED) is 0.136. The lowest BCUT2D eigenvalue weighted by molar-refractivity contribution is 0.676. The molecule has 0 saturated carbocycles. The van der Waals surface area contributed by atoms with Crippen molar-refractivity contribution < 1.29 is 4.42 Å². The summed E-state index contributed by atoms with van der Waals surface area (Å²) in [7, 11) is 0. The van der Waals surface area contributed by atoms with Gasteiger partial charge in [-0.05, 0) is 105 Å². The van der Waals surface area contributed by atoms with Crippen molar-refractivity contribution in [3.8, 4) is 44.5 Å². The van der Waals surface area contributed by atoms with Crippen molar-refractivity contribution in [2.45, 2.75) is 0 Å². The zero-order chi connectivity index (χ0) is 47.1. The Bertz CT molecular complexity index is 3550. The van der Waals surface area contributed by atoms with Crippen molar-refractivity contribution in [3.05, 3.63) is 279 Å². The Kier molecular flexibility index (Phi) is 10.5. The Morgan fingerprint density at radius 2 is 0.423 bits per heavy atom. The second kappa shape index (κ2) is 17.9. The van der Waals surface area contributed by atoms with Crippen LogP contribution in [-0.2, 0) is 0 Å². The molecule has 12 aromatic carbocycles. The van der Waals surface area contributed by atoms with Crippen LogP contribution in [0.25, 0.3) is 88.0 Å². The normalized spacial score (nSPS) is 11.4. The van der Waals surface area contributed by atoms with Gasteiger partial charge in [-0.1, -0.05) is 218 Å². The van der Waals surface area contributed by atoms with E-state index in [0.29, 0.717) is 0 Å². The van der Waals surface area contributed by atoms with Crippen LogP contribution in [0.3, 0.4) is 0 Å².